The second-order valence-corrected chi connectivity index (χ2v) is 5.54. The maximum atomic E-state index is 13.1. The average molecular weight is 264 g/mol. The highest BCUT2D eigenvalue weighted by molar-refractivity contribution is 7.17. The summed E-state index contributed by atoms with van der Waals surface area (Å²) in [6.45, 7) is 0. The first-order chi connectivity index (χ1) is 8.63. The Morgan fingerprint density at radius 3 is 2.39 bits per heavy atom. The third-order valence-electron chi connectivity index (χ3n) is 2.94. The van der Waals surface area contributed by atoms with E-state index in [-0.39, 0.29) is 11.7 Å². The minimum Gasteiger partial charge on any atom is -0.293 e. The van der Waals surface area contributed by atoms with Crippen molar-refractivity contribution in [3.8, 4) is 10.4 Å². The van der Waals surface area contributed by atoms with Gasteiger partial charge in [0, 0.05) is 16.9 Å². The largest absolute Gasteiger partial charge is 0.293 e. The molecule has 1 saturated carbocycles. The molecule has 3 rings (SSSR count). The van der Waals surface area contributed by atoms with E-state index in [1.807, 2.05) is 0 Å². The summed E-state index contributed by atoms with van der Waals surface area (Å²) < 4.78 is 26.2. The van der Waals surface area contributed by atoms with E-state index in [2.05, 4.69) is 0 Å². The minimum atomic E-state index is -0.603. The van der Waals surface area contributed by atoms with E-state index < -0.39 is 11.6 Å². The number of rotatable bonds is 3. The van der Waals surface area contributed by atoms with Gasteiger partial charge in [-0.2, -0.15) is 0 Å². The summed E-state index contributed by atoms with van der Waals surface area (Å²) in [5, 5.41) is 0. The van der Waals surface area contributed by atoms with Crippen LogP contribution >= 0.6 is 11.3 Å². The van der Waals surface area contributed by atoms with Crippen molar-refractivity contribution in [2.45, 2.75) is 12.8 Å². The van der Waals surface area contributed by atoms with Crippen molar-refractivity contribution >= 4 is 17.1 Å². The monoisotopic (exact) mass is 264 g/mol. The Kier molecular flexibility index (Phi) is 2.74. The zero-order valence-electron chi connectivity index (χ0n) is 9.45. The van der Waals surface area contributed by atoms with Crippen molar-refractivity contribution in [1.29, 1.82) is 0 Å². The summed E-state index contributed by atoms with van der Waals surface area (Å²) in [5.41, 5.74) is 0.479. The van der Waals surface area contributed by atoms with Gasteiger partial charge in [0.1, 0.15) is 11.6 Å². The lowest BCUT2D eigenvalue weighted by Crippen LogP contribution is -1.96. The van der Waals surface area contributed by atoms with Crippen LogP contribution < -0.4 is 0 Å². The summed E-state index contributed by atoms with van der Waals surface area (Å²) in [6.07, 6.45) is 1.92. The molecule has 18 heavy (non-hydrogen) atoms. The smallest absolute Gasteiger partial charge is 0.175 e. The van der Waals surface area contributed by atoms with Crippen molar-refractivity contribution in [2.75, 3.05) is 0 Å². The fourth-order valence-electron chi connectivity index (χ4n) is 1.87. The number of carbonyl (C=O) groups is 1. The standard InChI is InChI=1S/C14H10F2OS/c15-10-5-9(6-11(16)7-10)12-3-4-13(18-12)14(17)8-1-2-8/h3-8H,1-2H2. The number of hydrogen-bond donors (Lipinski definition) is 0. The van der Waals surface area contributed by atoms with E-state index in [9.17, 15) is 13.6 Å². The lowest BCUT2D eigenvalue weighted by atomic mass is 10.1. The normalized spacial score (nSPS) is 14.8. The van der Waals surface area contributed by atoms with E-state index in [0.29, 0.717) is 10.4 Å². The molecule has 1 nitrogen and oxygen atoms in total. The molecular formula is C14H10F2OS. The zero-order valence-corrected chi connectivity index (χ0v) is 10.3. The SMILES string of the molecule is O=C(c1ccc(-c2cc(F)cc(F)c2)s1)C1CC1. The second kappa shape index (κ2) is 4.28. The molecule has 1 aromatic heterocycles. The lowest BCUT2D eigenvalue weighted by molar-refractivity contribution is 0.0971. The molecule has 4 heteroatoms. The molecule has 0 N–H and O–H groups in total. The van der Waals surface area contributed by atoms with Crippen molar-refractivity contribution in [3.63, 3.8) is 0 Å². The summed E-state index contributed by atoms with van der Waals surface area (Å²) in [5.74, 6) is -0.884. The van der Waals surface area contributed by atoms with Gasteiger partial charge in [0.25, 0.3) is 0 Å². The maximum absolute atomic E-state index is 13.1. The average Bonchev–Trinajstić information content (AvgIpc) is 3.04. The summed E-state index contributed by atoms with van der Waals surface area (Å²) in [7, 11) is 0. The maximum Gasteiger partial charge on any atom is 0.175 e. The molecular weight excluding hydrogens is 254 g/mol. The Balaban J connectivity index is 1.94. The lowest BCUT2D eigenvalue weighted by Gasteiger charge is -1.98. The van der Waals surface area contributed by atoms with Crippen molar-refractivity contribution in [2.24, 2.45) is 5.92 Å². The topological polar surface area (TPSA) is 17.1 Å². The van der Waals surface area contributed by atoms with Gasteiger partial charge in [-0.25, -0.2) is 8.78 Å². The van der Waals surface area contributed by atoms with Gasteiger partial charge in [0.2, 0.25) is 0 Å². The molecule has 0 aliphatic heterocycles. The highest BCUT2D eigenvalue weighted by Crippen LogP contribution is 2.36. The highest BCUT2D eigenvalue weighted by atomic mass is 32.1. The van der Waals surface area contributed by atoms with Gasteiger partial charge in [-0.05, 0) is 42.7 Å². The van der Waals surface area contributed by atoms with Crippen LogP contribution in [0.4, 0.5) is 8.78 Å². The van der Waals surface area contributed by atoms with E-state index in [1.54, 1.807) is 12.1 Å². The predicted octanol–water partition coefficient (Wildman–Crippen LogP) is 4.29. The zero-order chi connectivity index (χ0) is 12.7. The van der Waals surface area contributed by atoms with Crippen LogP contribution in [0.25, 0.3) is 10.4 Å². The number of halogens is 2. The Morgan fingerprint density at radius 2 is 1.78 bits per heavy atom. The Hall–Kier alpha value is -1.55. The van der Waals surface area contributed by atoms with E-state index >= 15 is 0 Å². The predicted molar refractivity (Wildman–Crippen MR) is 66.7 cm³/mol. The van der Waals surface area contributed by atoms with Crippen molar-refractivity contribution in [3.05, 3.63) is 46.8 Å². The van der Waals surface area contributed by atoms with Gasteiger partial charge in [0.15, 0.2) is 5.78 Å². The highest BCUT2D eigenvalue weighted by Gasteiger charge is 2.31. The molecule has 0 saturated heterocycles. The Bertz CT molecular complexity index is 594. The fourth-order valence-corrected chi connectivity index (χ4v) is 2.88. The molecule has 1 fully saturated rings. The fraction of sp³-hybridized carbons (Fsp3) is 0.214. The Labute approximate surface area is 107 Å². The van der Waals surface area contributed by atoms with Crippen LogP contribution in [0.15, 0.2) is 30.3 Å². The third kappa shape index (κ3) is 2.20. The van der Waals surface area contributed by atoms with Gasteiger partial charge < -0.3 is 0 Å². The number of Topliss-reactive ketones (excluding diaryl/α,β-unsaturated/α-hetero) is 1. The van der Waals surface area contributed by atoms with Crippen LogP contribution in [0.2, 0.25) is 0 Å². The first kappa shape index (κ1) is 11.5. The van der Waals surface area contributed by atoms with E-state index in [1.165, 1.54) is 23.5 Å². The Morgan fingerprint density at radius 1 is 1.11 bits per heavy atom. The molecule has 2 aromatic rings. The van der Waals surface area contributed by atoms with Crippen molar-refractivity contribution < 1.29 is 13.6 Å². The molecule has 0 unspecified atom stereocenters. The molecule has 0 bridgehead atoms. The first-order valence-electron chi connectivity index (χ1n) is 5.74. The van der Waals surface area contributed by atoms with Gasteiger partial charge in [-0.15, -0.1) is 11.3 Å². The number of carbonyl (C=O) groups excluding carboxylic acids is 1. The molecule has 92 valence electrons. The molecule has 0 spiro atoms. The molecule has 0 atom stereocenters. The van der Waals surface area contributed by atoms with Crippen LogP contribution in [0.1, 0.15) is 22.5 Å². The number of thiophene rings is 1. The van der Waals surface area contributed by atoms with Crippen LogP contribution in [0.5, 0.6) is 0 Å². The summed E-state index contributed by atoms with van der Waals surface area (Å²) in [6, 6.07) is 6.88. The van der Waals surface area contributed by atoms with Crippen LogP contribution in [-0.4, -0.2) is 5.78 Å². The quantitative estimate of drug-likeness (QED) is 0.756. The summed E-state index contributed by atoms with van der Waals surface area (Å²) in [4.78, 5) is 13.2. The third-order valence-corrected chi connectivity index (χ3v) is 4.09. The van der Waals surface area contributed by atoms with Crippen LogP contribution in [-0.2, 0) is 0 Å². The van der Waals surface area contributed by atoms with Crippen LogP contribution in [0.3, 0.4) is 0 Å². The minimum absolute atomic E-state index is 0.156. The first-order valence-corrected chi connectivity index (χ1v) is 6.55. The molecule has 1 aromatic carbocycles. The second-order valence-electron chi connectivity index (χ2n) is 4.46. The van der Waals surface area contributed by atoms with E-state index in [4.69, 9.17) is 0 Å². The number of hydrogen-bond acceptors (Lipinski definition) is 2. The summed E-state index contributed by atoms with van der Waals surface area (Å²) >= 11 is 1.30. The molecule has 1 aliphatic carbocycles. The molecule has 1 heterocycles. The van der Waals surface area contributed by atoms with Gasteiger partial charge in [-0.3, -0.25) is 4.79 Å². The molecule has 1 aliphatic rings. The van der Waals surface area contributed by atoms with Gasteiger partial charge in [-0.1, -0.05) is 0 Å². The molecule has 0 amide bonds. The van der Waals surface area contributed by atoms with Crippen LogP contribution in [0, 0.1) is 17.6 Å². The molecule has 0 radical (unpaired) electrons. The van der Waals surface area contributed by atoms with Gasteiger partial charge >= 0.3 is 0 Å². The number of benzene rings is 1. The van der Waals surface area contributed by atoms with Crippen molar-refractivity contribution in [1.82, 2.24) is 0 Å². The van der Waals surface area contributed by atoms with Gasteiger partial charge in [0.05, 0.1) is 4.88 Å². The van der Waals surface area contributed by atoms with E-state index in [0.717, 1.165) is 23.8 Å². The number of ketones is 1.